The van der Waals surface area contributed by atoms with E-state index in [1.54, 1.807) is 23.3 Å². The molecular weight excluding hydrogens is 294 g/mol. The first-order valence-electron chi connectivity index (χ1n) is 4.67. The van der Waals surface area contributed by atoms with Gasteiger partial charge < -0.3 is 10.0 Å². The Balaban J connectivity index is 2.42. The minimum atomic E-state index is -0.944. The first kappa shape index (κ1) is 13.2. The summed E-state index contributed by atoms with van der Waals surface area (Å²) in [6.07, 6.45) is -0.0598. The minimum Gasteiger partial charge on any atom is -0.481 e. The van der Waals surface area contributed by atoms with Gasteiger partial charge in [-0.15, -0.1) is 11.3 Å². The second-order valence-electron chi connectivity index (χ2n) is 3.37. The van der Waals surface area contributed by atoms with Crippen molar-refractivity contribution in [3.63, 3.8) is 0 Å². The predicted molar refractivity (Wildman–Crippen MR) is 65.4 cm³/mol. The number of hydrogen-bond donors (Lipinski definition) is 1. The number of thiophene rings is 1. The van der Waals surface area contributed by atoms with Crippen LogP contribution in [0.2, 0.25) is 0 Å². The molecule has 1 rings (SSSR count). The molecule has 1 heterocycles. The molecule has 0 aliphatic carbocycles. The average molecular weight is 306 g/mol. The Morgan fingerprint density at radius 2 is 2.19 bits per heavy atom. The number of carbonyl (C=O) groups excluding carboxylic acids is 1. The van der Waals surface area contributed by atoms with E-state index < -0.39 is 5.97 Å². The summed E-state index contributed by atoms with van der Waals surface area (Å²) in [7, 11) is 1.68. The zero-order valence-electron chi connectivity index (χ0n) is 8.77. The molecule has 0 aliphatic rings. The normalized spacial score (nSPS) is 10.1. The van der Waals surface area contributed by atoms with Crippen LogP contribution in [0.1, 0.15) is 17.7 Å². The van der Waals surface area contributed by atoms with E-state index in [1.807, 2.05) is 11.4 Å². The van der Waals surface area contributed by atoms with Crippen molar-refractivity contribution in [2.24, 2.45) is 0 Å². The molecule has 1 aromatic heterocycles. The van der Waals surface area contributed by atoms with Gasteiger partial charge in [0, 0.05) is 28.2 Å². The topological polar surface area (TPSA) is 57.6 Å². The zero-order valence-corrected chi connectivity index (χ0v) is 11.2. The highest BCUT2D eigenvalue weighted by Gasteiger charge is 2.11. The third-order valence-corrected chi connectivity index (χ3v) is 3.68. The van der Waals surface area contributed by atoms with Crippen LogP contribution in [0.3, 0.4) is 0 Å². The fourth-order valence-corrected chi connectivity index (χ4v) is 2.67. The number of carboxylic acids is 1. The summed E-state index contributed by atoms with van der Waals surface area (Å²) in [4.78, 5) is 24.4. The number of nitrogens with zero attached hydrogens (tertiary/aromatic N) is 1. The van der Waals surface area contributed by atoms with Crippen molar-refractivity contribution in [3.8, 4) is 0 Å². The van der Waals surface area contributed by atoms with Crippen LogP contribution >= 0.6 is 27.3 Å². The van der Waals surface area contributed by atoms with Gasteiger partial charge >= 0.3 is 5.97 Å². The molecule has 0 bridgehead atoms. The average Bonchev–Trinajstić information content (AvgIpc) is 2.60. The van der Waals surface area contributed by atoms with Crippen molar-refractivity contribution in [3.05, 3.63) is 20.8 Å². The van der Waals surface area contributed by atoms with Crippen LogP contribution in [-0.2, 0) is 16.1 Å². The quantitative estimate of drug-likeness (QED) is 0.908. The van der Waals surface area contributed by atoms with E-state index in [9.17, 15) is 9.59 Å². The van der Waals surface area contributed by atoms with Gasteiger partial charge in [0.05, 0.1) is 13.0 Å². The molecule has 0 fully saturated rings. The lowest BCUT2D eigenvalue weighted by Gasteiger charge is -2.15. The fraction of sp³-hybridized carbons (Fsp3) is 0.400. The number of aliphatic carboxylic acids is 1. The van der Waals surface area contributed by atoms with Crippen LogP contribution in [0.15, 0.2) is 15.9 Å². The maximum absolute atomic E-state index is 11.5. The van der Waals surface area contributed by atoms with E-state index in [-0.39, 0.29) is 18.7 Å². The number of hydrogen-bond acceptors (Lipinski definition) is 3. The highest BCUT2D eigenvalue weighted by molar-refractivity contribution is 9.10. The maximum Gasteiger partial charge on any atom is 0.303 e. The van der Waals surface area contributed by atoms with Crippen LogP contribution in [-0.4, -0.2) is 28.9 Å². The van der Waals surface area contributed by atoms with E-state index >= 15 is 0 Å². The third-order valence-electron chi connectivity index (χ3n) is 1.99. The molecule has 0 spiro atoms. The molecule has 88 valence electrons. The summed E-state index contributed by atoms with van der Waals surface area (Å²) in [6.45, 7) is 0.523. The summed E-state index contributed by atoms with van der Waals surface area (Å²) in [5.41, 5.74) is 0. The standard InChI is InChI=1S/C10H12BrNO3S/c1-12(9(13)2-3-10(14)15)5-8-4-7(11)6-16-8/h4,6H,2-3,5H2,1H3,(H,14,15). The van der Waals surface area contributed by atoms with Crippen LogP contribution in [0, 0.1) is 0 Å². The number of rotatable bonds is 5. The highest BCUT2D eigenvalue weighted by atomic mass is 79.9. The smallest absolute Gasteiger partial charge is 0.303 e. The monoisotopic (exact) mass is 305 g/mol. The zero-order chi connectivity index (χ0) is 12.1. The lowest BCUT2D eigenvalue weighted by Crippen LogP contribution is -2.26. The molecule has 6 heteroatoms. The van der Waals surface area contributed by atoms with Crippen molar-refractivity contribution < 1.29 is 14.7 Å². The van der Waals surface area contributed by atoms with E-state index in [2.05, 4.69) is 15.9 Å². The van der Waals surface area contributed by atoms with Gasteiger partial charge in [0.15, 0.2) is 0 Å². The Bertz CT molecular complexity index is 391. The Labute approximate surface area is 106 Å². The van der Waals surface area contributed by atoms with Gasteiger partial charge in [-0.05, 0) is 22.0 Å². The van der Waals surface area contributed by atoms with Gasteiger partial charge in [0.25, 0.3) is 0 Å². The van der Waals surface area contributed by atoms with Gasteiger partial charge in [-0.3, -0.25) is 9.59 Å². The lowest BCUT2D eigenvalue weighted by atomic mass is 10.3. The number of halogens is 1. The maximum atomic E-state index is 11.5. The molecule has 0 aliphatic heterocycles. The van der Waals surface area contributed by atoms with E-state index in [0.29, 0.717) is 6.54 Å². The first-order valence-corrected chi connectivity index (χ1v) is 6.35. The van der Waals surface area contributed by atoms with Crippen molar-refractivity contribution >= 4 is 39.1 Å². The van der Waals surface area contributed by atoms with E-state index in [4.69, 9.17) is 5.11 Å². The second kappa shape index (κ2) is 6.00. The molecule has 0 aromatic carbocycles. The molecule has 0 saturated carbocycles. The number of carboxylic acid groups (broad SMARTS) is 1. The van der Waals surface area contributed by atoms with E-state index in [0.717, 1.165) is 9.35 Å². The van der Waals surface area contributed by atoms with E-state index in [1.165, 1.54) is 0 Å². The van der Waals surface area contributed by atoms with Gasteiger partial charge in [-0.2, -0.15) is 0 Å². The van der Waals surface area contributed by atoms with Crippen molar-refractivity contribution in [1.82, 2.24) is 4.90 Å². The number of amides is 1. The molecule has 1 aromatic rings. The molecular formula is C10H12BrNO3S. The minimum absolute atomic E-state index is 0.0539. The van der Waals surface area contributed by atoms with Crippen molar-refractivity contribution in [2.75, 3.05) is 7.05 Å². The Kier molecular flexibility index (Phi) is 4.95. The molecule has 1 N–H and O–H groups in total. The molecule has 0 saturated heterocycles. The molecule has 16 heavy (non-hydrogen) atoms. The Hall–Kier alpha value is -0.880. The van der Waals surface area contributed by atoms with Crippen LogP contribution in [0.4, 0.5) is 0 Å². The van der Waals surface area contributed by atoms with Crippen LogP contribution < -0.4 is 0 Å². The predicted octanol–water partition coefficient (Wildman–Crippen LogP) is 2.33. The van der Waals surface area contributed by atoms with Gasteiger partial charge in [-0.25, -0.2) is 0 Å². The van der Waals surface area contributed by atoms with Crippen molar-refractivity contribution in [2.45, 2.75) is 19.4 Å². The molecule has 4 nitrogen and oxygen atoms in total. The van der Waals surface area contributed by atoms with Crippen LogP contribution in [0.5, 0.6) is 0 Å². The third kappa shape index (κ3) is 4.32. The molecule has 0 unspecified atom stereocenters. The van der Waals surface area contributed by atoms with Gasteiger partial charge in [0.2, 0.25) is 5.91 Å². The Morgan fingerprint density at radius 1 is 1.50 bits per heavy atom. The summed E-state index contributed by atoms with van der Waals surface area (Å²) >= 11 is 4.90. The fourth-order valence-electron chi connectivity index (χ4n) is 1.16. The second-order valence-corrected chi connectivity index (χ2v) is 5.29. The van der Waals surface area contributed by atoms with Gasteiger partial charge in [-0.1, -0.05) is 0 Å². The Morgan fingerprint density at radius 3 is 2.69 bits per heavy atom. The summed E-state index contributed by atoms with van der Waals surface area (Å²) in [6, 6.07) is 1.95. The summed E-state index contributed by atoms with van der Waals surface area (Å²) in [5, 5.41) is 10.4. The summed E-state index contributed by atoms with van der Waals surface area (Å²) < 4.78 is 0.999. The molecule has 0 radical (unpaired) electrons. The van der Waals surface area contributed by atoms with Gasteiger partial charge in [0.1, 0.15) is 0 Å². The molecule has 1 amide bonds. The molecule has 0 atom stereocenters. The largest absolute Gasteiger partial charge is 0.481 e. The highest BCUT2D eigenvalue weighted by Crippen LogP contribution is 2.20. The lowest BCUT2D eigenvalue weighted by molar-refractivity contribution is -0.140. The SMILES string of the molecule is CN(Cc1cc(Br)cs1)C(=O)CCC(=O)O. The summed E-state index contributed by atoms with van der Waals surface area (Å²) in [5.74, 6) is -1.09. The van der Waals surface area contributed by atoms with Crippen LogP contribution in [0.25, 0.3) is 0 Å². The van der Waals surface area contributed by atoms with Crippen molar-refractivity contribution in [1.29, 1.82) is 0 Å². The number of carbonyl (C=O) groups is 2. The first-order chi connectivity index (χ1) is 7.49.